The molecular weight excluding hydrogens is 342 g/mol. The van der Waals surface area contributed by atoms with E-state index in [-0.39, 0.29) is 16.4 Å². The summed E-state index contributed by atoms with van der Waals surface area (Å²) >= 11 is 1.12. The maximum Gasteiger partial charge on any atom is 0.303 e. The minimum atomic E-state index is -0.509. The summed E-state index contributed by atoms with van der Waals surface area (Å²) in [5.74, 6) is -0.394. The number of rotatable bonds is 4. The summed E-state index contributed by atoms with van der Waals surface area (Å²) in [4.78, 5) is 23.1. The van der Waals surface area contributed by atoms with Gasteiger partial charge in [0.25, 0.3) is 0 Å². The molecule has 1 saturated heterocycles. The number of benzene rings is 1. The molecule has 0 aliphatic carbocycles. The van der Waals surface area contributed by atoms with Crippen molar-refractivity contribution in [3.8, 4) is 11.3 Å². The maximum atomic E-state index is 11.5. The van der Waals surface area contributed by atoms with E-state index in [0.717, 1.165) is 23.0 Å². The van der Waals surface area contributed by atoms with E-state index in [9.17, 15) is 9.59 Å². The third kappa shape index (κ3) is 4.26. The van der Waals surface area contributed by atoms with Crippen LogP contribution in [0.3, 0.4) is 0 Å². The van der Waals surface area contributed by atoms with Gasteiger partial charge in [0, 0.05) is 19.4 Å². The van der Waals surface area contributed by atoms with E-state index in [0.29, 0.717) is 13.2 Å². The Morgan fingerprint density at radius 3 is 2.68 bits per heavy atom. The summed E-state index contributed by atoms with van der Waals surface area (Å²) in [7, 11) is 0. The number of carbonyl (C=O) groups is 2. The summed E-state index contributed by atoms with van der Waals surface area (Å²) in [5, 5.41) is 8.07. The van der Waals surface area contributed by atoms with Crippen molar-refractivity contribution < 1.29 is 19.1 Å². The van der Waals surface area contributed by atoms with E-state index >= 15 is 0 Å². The van der Waals surface area contributed by atoms with Gasteiger partial charge < -0.3 is 9.47 Å². The monoisotopic (exact) mass is 361 g/mol. The van der Waals surface area contributed by atoms with Crippen molar-refractivity contribution in [3.05, 3.63) is 36.5 Å². The number of hydrogen-bond acceptors (Lipinski definition) is 7. The Morgan fingerprint density at radius 2 is 2.00 bits per heavy atom. The summed E-state index contributed by atoms with van der Waals surface area (Å²) in [6.07, 6.45) is 1.30. The molecule has 0 saturated carbocycles. The molecule has 0 amide bonds. The van der Waals surface area contributed by atoms with Crippen molar-refractivity contribution in [3.63, 3.8) is 0 Å². The number of carbonyl (C=O) groups excluding carboxylic acids is 2. The maximum absolute atomic E-state index is 11.5. The lowest BCUT2D eigenvalue weighted by Crippen LogP contribution is -2.46. The van der Waals surface area contributed by atoms with Gasteiger partial charge in [0.15, 0.2) is 5.12 Å². The molecular formula is C17H19N3O4S. The van der Waals surface area contributed by atoms with E-state index in [4.69, 9.17) is 9.47 Å². The molecule has 0 bridgehead atoms. The van der Waals surface area contributed by atoms with Gasteiger partial charge in [-0.1, -0.05) is 47.3 Å². The number of ether oxygens (including phenoxy) is 2. The molecule has 1 aliphatic rings. The highest BCUT2D eigenvalue weighted by Crippen LogP contribution is 2.31. The van der Waals surface area contributed by atoms with Crippen molar-refractivity contribution in [2.75, 3.05) is 13.2 Å². The molecule has 132 valence electrons. The second-order valence-electron chi connectivity index (χ2n) is 5.78. The highest BCUT2D eigenvalue weighted by molar-refractivity contribution is 8.14. The topological polar surface area (TPSA) is 83.3 Å². The summed E-state index contributed by atoms with van der Waals surface area (Å²) < 4.78 is 12.8. The van der Waals surface area contributed by atoms with Gasteiger partial charge in [-0.25, -0.2) is 4.68 Å². The lowest BCUT2D eigenvalue weighted by atomic mass is 10.1. The fraction of sp³-hybridized carbons (Fsp3) is 0.412. The first-order valence-electron chi connectivity index (χ1n) is 7.94. The first-order chi connectivity index (χ1) is 12.0. The average molecular weight is 361 g/mol. The Kier molecular flexibility index (Phi) is 5.50. The molecule has 3 rings (SSSR count). The van der Waals surface area contributed by atoms with Crippen molar-refractivity contribution in [2.24, 2.45) is 0 Å². The van der Waals surface area contributed by atoms with E-state index < -0.39 is 12.1 Å². The molecule has 3 atom stereocenters. The minimum absolute atomic E-state index is 0.0463. The number of aromatic nitrogens is 3. The fourth-order valence-corrected chi connectivity index (χ4v) is 3.77. The molecule has 2 heterocycles. The summed E-state index contributed by atoms with van der Waals surface area (Å²) in [6.45, 7) is 3.53. The van der Waals surface area contributed by atoms with Crippen molar-refractivity contribution in [2.45, 2.75) is 31.2 Å². The molecule has 1 aromatic carbocycles. The minimum Gasteiger partial charge on any atom is -0.459 e. The second kappa shape index (κ2) is 7.79. The van der Waals surface area contributed by atoms with Gasteiger partial charge in [-0.15, -0.1) is 5.10 Å². The van der Waals surface area contributed by atoms with Crippen LogP contribution in [0, 0.1) is 0 Å². The number of thioether (sulfide) groups is 1. The highest BCUT2D eigenvalue weighted by atomic mass is 32.2. The molecule has 0 N–H and O–H groups in total. The SMILES string of the molecule is CC(=O)OC1C(SC(C)=O)COCC1n1cc(-c2ccccc2)nn1. The van der Waals surface area contributed by atoms with E-state index in [1.807, 2.05) is 30.3 Å². The third-order valence-corrected chi connectivity index (χ3v) is 4.89. The zero-order valence-corrected chi connectivity index (χ0v) is 14.8. The summed E-state index contributed by atoms with van der Waals surface area (Å²) in [6, 6.07) is 9.36. The molecule has 1 aromatic heterocycles. The van der Waals surface area contributed by atoms with Crippen LogP contribution in [0.25, 0.3) is 11.3 Å². The molecule has 2 aromatic rings. The van der Waals surface area contributed by atoms with Crippen molar-refractivity contribution >= 4 is 22.8 Å². The smallest absolute Gasteiger partial charge is 0.303 e. The molecule has 7 nitrogen and oxygen atoms in total. The summed E-state index contributed by atoms with van der Waals surface area (Å²) in [5.41, 5.74) is 1.67. The Balaban J connectivity index is 1.86. The average Bonchev–Trinajstić information content (AvgIpc) is 3.06. The van der Waals surface area contributed by atoms with Gasteiger partial charge in [0.05, 0.1) is 24.7 Å². The quantitative estimate of drug-likeness (QED) is 0.771. The fourth-order valence-electron chi connectivity index (χ4n) is 2.81. The van der Waals surface area contributed by atoms with Gasteiger partial charge >= 0.3 is 5.97 Å². The Labute approximate surface area is 149 Å². The van der Waals surface area contributed by atoms with Crippen LogP contribution in [0.4, 0.5) is 0 Å². The molecule has 8 heteroatoms. The van der Waals surface area contributed by atoms with Crippen LogP contribution in [-0.4, -0.2) is 50.6 Å². The molecule has 1 aliphatic heterocycles. The van der Waals surface area contributed by atoms with Crippen LogP contribution in [-0.2, 0) is 19.1 Å². The largest absolute Gasteiger partial charge is 0.459 e. The molecule has 25 heavy (non-hydrogen) atoms. The molecule has 1 fully saturated rings. The van der Waals surface area contributed by atoms with E-state index in [1.54, 1.807) is 10.9 Å². The lowest BCUT2D eigenvalue weighted by molar-refractivity contribution is -0.154. The Bertz CT molecular complexity index is 749. The van der Waals surface area contributed by atoms with Gasteiger partial charge in [0.1, 0.15) is 17.8 Å². The predicted molar refractivity (Wildman–Crippen MR) is 92.9 cm³/mol. The molecule has 0 spiro atoms. The Hall–Kier alpha value is -2.19. The van der Waals surface area contributed by atoms with Crippen LogP contribution in [0.15, 0.2) is 36.5 Å². The van der Waals surface area contributed by atoms with Gasteiger partial charge in [-0.2, -0.15) is 0 Å². The molecule has 3 unspecified atom stereocenters. The van der Waals surface area contributed by atoms with Crippen LogP contribution >= 0.6 is 11.8 Å². The van der Waals surface area contributed by atoms with Gasteiger partial charge in [-0.05, 0) is 0 Å². The van der Waals surface area contributed by atoms with Crippen LogP contribution in [0.5, 0.6) is 0 Å². The first kappa shape index (κ1) is 17.6. The lowest BCUT2D eigenvalue weighted by Gasteiger charge is -2.36. The third-order valence-electron chi connectivity index (χ3n) is 3.86. The second-order valence-corrected chi connectivity index (χ2v) is 7.19. The Morgan fingerprint density at radius 1 is 1.24 bits per heavy atom. The van der Waals surface area contributed by atoms with Gasteiger partial charge in [0.2, 0.25) is 0 Å². The standard InChI is InChI=1S/C17H19N3O4S/c1-11(21)24-17-15(9-23-10-16(17)25-12(2)22)20-8-14(18-19-20)13-6-4-3-5-7-13/h3-8,15-17H,9-10H2,1-2H3. The zero-order valence-electron chi connectivity index (χ0n) is 14.0. The highest BCUT2D eigenvalue weighted by Gasteiger charge is 2.39. The number of nitrogens with zero attached hydrogens (tertiary/aromatic N) is 3. The van der Waals surface area contributed by atoms with Crippen LogP contribution in [0.1, 0.15) is 19.9 Å². The molecule has 0 radical (unpaired) electrons. The van der Waals surface area contributed by atoms with Crippen molar-refractivity contribution in [1.29, 1.82) is 0 Å². The first-order valence-corrected chi connectivity index (χ1v) is 8.82. The van der Waals surface area contributed by atoms with Gasteiger partial charge in [-0.3, -0.25) is 9.59 Å². The zero-order chi connectivity index (χ0) is 17.8. The van der Waals surface area contributed by atoms with E-state index in [1.165, 1.54) is 13.8 Å². The van der Waals surface area contributed by atoms with Crippen LogP contribution in [0.2, 0.25) is 0 Å². The van der Waals surface area contributed by atoms with E-state index in [2.05, 4.69) is 10.3 Å². The van der Waals surface area contributed by atoms with Crippen LogP contribution < -0.4 is 0 Å². The predicted octanol–water partition coefficient (Wildman–Crippen LogP) is 2.10. The van der Waals surface area contributed by atoms with Crippen molar-refractivity contribution in [1.82, 2.24) is 15.0 Å². The number of esters is 1. The number of hydrogen-bond donors (Lipinski definition) is 0. The normalized spacial score (nSPS) is 23.2.